The lowest BCUT2D eigenvalue weighted by atomic mass is 10.2. The highest BCUT2D eigenvalue weighted by Gasteiger charge is 2.26. The van der Waals surface area contributed by atoms with Gasteiger partial charge in [-0.25, -0.2) is 9.97 Å². The van der Waals surface area contributed by atoms with Crippen molar-refractivity contribution in [2.75, 3.05) is 39.3 Å². The van der Waals surface area contributed by atoms with Crippen LogP contribution < -0.4 is 0 Å². The minimum Gasteiger partial charge on any atom is -0.369 e. The van der Waals surface area contributed by atoms with Gasteiger partial charge in [0, 0.05) is 32.4 Å². The second-order valence-corrected chi connectivity index (χ2v) is 5.71. The Labute approximate surface area is 125 Å². The van der Waals surface area contributed by atoms with Crippen molar-refractivity contribution >= 4 is 5.91 Å². The minimum atomic E-state index is -0.0631. The smallest absolute Gasteiger partial charge is 0.236 e. The molecule has 1 aromatic heterocycles. The second kappa shape index (κ2) is 6.49. The third kappa shape index (κ3) is 3.57. The Kier molecular flexibility index (Phi) is 4.45. The summed E-state index contributed by atoms with van der Waals surface area (Å²) in [5, 5.41) is 0. The summed E-state index contributed by atoms with van der Waals surface area (Å²) in [5.41, 5.74) is 0.904. The number of morpholine rings is 1. The molecule has 1 aromatic rings. The average Bonchev–Trinajstić information content (AvgIpc) is 3.02. The Hall–Kier alpha value is -1.53. The van der Waals surface area contributed by atoms with Crippen LogP contribution in [0.4, 0.5) is 0 Å². The highest BCUT2D eigenvalue weighted by atomic mass is 16.5. The van der Waals surface area contributed by atoms with Gasteiger partial charge in [0.15, 0.2) is 0 Å². The first-order valence-electron chi connectivity index (χ1n) is 7.63. The van der Waals surface area contributed by atoms with Gasteiger partial charge in [-0.3, -0.25) is 9.69 Å². The van der Waals surface area contributed by atoms with Crippen LogP contribution in [0.5, 0.6) is 0 Å². The molecule has 21 heavy (non-hydrogen) atoms. The molecule has 1 amide bonds. The van der Waals surface area contributed by atoms with Crippen LogP contribution in [0.1, 0.15) is 30.5 Å². The molecule has 2 saturated heterocycles. The molecule has 0 aromatic carbocycles. The summed E-state index contributed by atoms with van der Waals surface area (Å²) >= 11 is 0. The maximum absolute atomic E-state index is 12.2. The van der Waals surface area contributed by atoms with Gasteiger partial charge in [-0.1, -0.05) is 0 Å². The van der Waals surface area contributed by atoms with E-state index < -0.39 is 0 Å². The molecule has 0 N–H and O–H groups in total. The first-order valence-corrected chi connectivity index (χ1v) is 7.63. The summed E-state index contributed by atoms with van der Waals surface area (Å²) in [4.78, 5) is 24.9. The summed E-state index contributed by atoms with van der Waals surface area (Å²) in [6.45, 7) is 6.36. The first-order chi connectivity index (χ1) is 10.2. The maximum atomic E-state index is 12.2. The molecule has 6 heteroatoms. The van der Waals surface area contributed by atoms with Crippen molar-refractivity contribution in [2.24, 2.45) is 0 Å². The van der Waals surface area contributed by atoms with Crippen molar-refractivity contribution in [1.29, 1.82) is 0 Å². The molecule has 2 aliphatic rings. The number of carbonyl (C=O) groups is 1. The molecule has 2 fully saturated rings. The number of aromatic nitrogens is 2. The zero-order chi connectivity index (χ0) is 14.7. The van der Waals surface area contributed by atoms with Crippen molar-refractivity contribution in [3.8, 4) is 0 Å². The van der Waals surface area contributed by atoms with E-state index in [1.54, 1.807) is 6.20 Å². The number of ether oxygens (including phenoxy) is 1. The van der Waals surface area contributed by atoms with Crippen molar-refractivity contribution < 1.29 is 9.53 Å². The van der Waals surface area contributed by atoms with Gasteiger partial charge in [0.25, 0.3) is 0 Å². The van der Waals surface area contributed by atoms with E-state index in [2.05, 4.69) is 14.9 Å². The Morgan fingerprint density at radius 2 is 2.19 bits per heavy atom. The fourth-order valence-corrected chi connectivity index (χ4v) is 2.94. The van der Waals surface area contributed by atoms with Crippen molar-refractivity contribution in [1.82, 2.24) is 19.8 Å². The lowest BCUT2D eigenvalue weighted by molar-refractivity contribution is -0.133. The van der Waals surface area contributed by atoms with Gasteiger partial charge in [0.2, 0.25) is 5.91 Å². The van der Waals surface area contributed by atoms with Gasteiger partial charge in [0.05, 0.1) is 18.8 Å². The number of carbonyl (C=O) groups excluding carboxylic acids is 1. The van der Waals surface area contributed by atoms with E-state index in [4.69, 9.17) is 4.74 Å². The van der Waals surface area contributed by atoms with Crippen LogP contribution in [0, 0.1) is 6.92 Å². The average molecular weight is 290 g/mol. The summed E-state index contributed by atoms with van der Waals surface area (Å²) in [7, 11) is 0. The fourth-order valence-electron chi connectivity index (χ4n) is 2.94. The molecule has 1 atom stereocenters. The van der Waals surface area contributed by atoms with Crippen LogP contribution in [0.3, 0.4) is 0 Å². The Morgan fingerprint density at radius 1 is 1.38 bits per heavy atom. The van der Waals surface area contributed by atoms with Crippen LogP contribution in [0.15, 0.2) is 12.3 Å². The predicted molar refractivity (Wildman–Crippen MR) is 77.7 cm³/mol. The van der Waals surface area contributed by atoms with Gasteiger partial charge < -0.3 is 9.64 Å². The van der Waals surface area contributed by atoms with Crippen molar-refractivity contribution in [2.45, 2.75) is 25.9 Å². The third-order valence-electron chi connectivity index (χ3n) is 4.10. The molecule has 0 radical (unpaired) electrons. The molecule has 0 aliphatic carbocycles. The molecule has 114 valence electrons. The normalized spacial score (nSPS) is 23.5. The predicted octanol–water partition coefficient (Wildman–Crippen LogP) is 0.781. The van der Waals surface area contributed by atoms with E-state index in [-0.39, 0.29) is 12.0 Å². The Bertz CT molecular complexity index is 502. The largest absolute Gasteiger partial charge is 0.369 e. The molecule has 6 nitrogen and oxygen atoms in total. The van der Waals surface area contributed by atoms with Crippen molar-refractivity contribution in [3.63, 3.8) is 0 Å². The monoisotopic (exact) mass is 290 g/mol. The summed E-state index contributed by atoms with van der Waals surface area (Å²) in [6.07, 6.45) is 3.97. The number of hydrogen-bond donors (Lipinski definition) is 0. The number of nitrogens with zero attached hydrogens (tertiary/aromatic N) is 4. The SMILES string of the molecule is Cc1nccc(C2CN(CC(=O)N3CCCC3)CCO2)n1. The number of hydrogen-bond acceptors (Lipinski definition) is 5. The molecular formula is C15H22N4O2. The highest BCUT2D eigenvalue weighted by molar-refractivity contribution is 5.78. The second-order valence-electron chi connectivity index (χ2n) is 5.71. The maximum Gasteiger partial charge on any atom is 0.236 e. The summed E-state index contributed by atoms with van der Waals surface area (Å²) in [5.74, 6) is 0.994. The quantitative estimate of drug-likeness (QED) is 0.823. The molecule has 0 spiro atoms. The van der Waals surface area contributed by atoms with E-state index in [0.29, 0.717) is 13.2 Å². The van der Waals surface area contributed by atoms with Gasteiger partial charge in [-0.2, -0.15) is 0 Å². The molecule has 3 heterocycles. The number of rotatable bonds is 3. The van der Waals surface area contributed by atoms with E-state index in [1.165, 1.54) is 0 Å². The van der Waals surface area contributed by atoms with Crippen molar-refractivity contribution in [3.05, 3.63) is 23.8 Å². The number of amides is 1. The van der Waals surface area contributed by atoms with Crippen LogP contribution in [-0.2, 0) is 9.53 Å². The topological polar surface area (TPSA) is 58.6 Å². The van der Waals surface area contributed by atoms with Crippen LogP contribution in [0.25, 0.3) is 0 Å². The fraction of sp³-hybridized carbons (Fsp3) is 0.667. The summed E-state index contributed by atoms with van der Waals surface area (Å²) in [6, 6.07) is 1.89. The van der Waals surface area contributed by atoms with Gasteiger partial charge >= 0.3 is 0 Å². The number of likely N-dealkylation sites (tertiary alicyclic amines) is 1. The standard InChI is InChI=1S/C15H22N4O2/c1-12-16-5-4-13(17-12)14-10-18(8-9-21-14)11-15(20)19-6-2-3-7-19/h4-5,14H,2-3,6-11H2,1H3. The zero-order valence-corrected chi connectivity index (χ0v) is 12.5. The van der Waals surface area contributed by atoms with Crippen LogP contribution in [0.2, 0.25) is 0 Å². The van der Waals surface area contributed by atoms with E-state index in [1.807, 2.05) is 17.9 Å². The zero-order valence-electron chi connectivity index (χ0n) is 12.5. The van der Waals surface area contributed by atoms with Crippen LogP contribution >= 0.6 is 0 Å². The molecule has 3 rings (SSSR count). The molecule has 2 aliphatic heterocycles. The van der Waals surface area contributed by atoms with E-state index in [9.17, 15) is 4.79 Å². The number of aryl methyl sites for hydroxylation is 1. The Morgan fingerprint density at radius 3 is 2.95 bits per heavy atom. The van der Waals surface area contributed by atoms with E-state index in [0.717, 1.165) is 50.5 Å². The lowest BCUT2D eigenvalue weighted by Gasteiger charge is -2.33. The molecule has 0 bridgehead atoms. The highest BCUT2D eigenvalue weighted by Crippen LogP contribution is 2.20. The molecule has 1 unspecified atom stereocenters. The lowest BCUT2D eigenvalue weighted by Crippen LogP contribution is -2.45. The van der Waals surface area contributed by atoms with Gasteiger partial charge in [0.1, 0.15) is 11.9 Å². The van der Waals surface area contributed by atoms with Gasteiger partial charge in [-0.15, -0.1) is 0 Å². The molecule has 0 saturated carbocycles. The Balaban J connectivity index is 1.59. The van der Waals surface area contributed by atoms with E-state index >= 15 is 0 Å². The first kappa shape index (κ1) is 14.4. The summed E-state index contributed by atoms with van der Waals surface area (Å²) < 4.78 is 5.80. The van der Waals surface area contributed by atoms with Gasteiger partial charge in [-0.05, 0) is 25.8 Å². The third-order valence-corrected chi connectivity index (χ3v) is 4.10. The molecular weight excluding hydrogens is 268 g/mol. The minimum absolute atomic E-state index is 0.0631. The van der Waals surface area contributed by atoms with Crippen LogP contribution in [-0.4, -0.2) is 65.0 Å².